The van der Waals surface area contributed by atoms with E-state index in [1.54, 1.807) is 6.20 Å². The van der Waals surface area contributed by atoms with Gasteiger partial charge in [-0.05, 0) is 25.0 Å². The van der Waals surface area contributed by atoms with Crippen LogP contribution in [0.15, 0.2) is 43.0 Å². The molecule has 3 aromatic rings. The fourth-order valence-electron chi connectivity index (χ4n) is 3.60. The Labute approximate surface area is 205 Å². The van der Waals surface area contributed by atoms with Crippen LogP contribution in [0.25, 0.3) is 10.9 Å². The van der Waals surface area contributed by atoms with Crippen molar-refractivity contribution < 1.29 is 29.4 Å². The van der Waals surface area contributed by atoms with Crippen LogP contribution in [0.2, 0.25) is 0 Å². The van der Waals surface area contributed by atoms with E-state index >= 15 is 0 Å². The first-order valence-corrected chi connectivity index (χ1v) is 11.2. The number of carbonyl (C=O) groups is 4. The van der Waals surface area contributed by atoms with Crippen LogP contribution < -0.4 is 21.7 Å². The molecule has 1 aromatic carbocycles. The number of H-pyrrole nitrogens is 2. The lowest BCUT2D eigenvalue weighted by Crippen LogP contribution is -2.57. The van der Waals surface area contributed by atoms with Gasteiger partial charge in [0.1, 0.15) is 18.1 Å². The third kappa shape index (κ3) is 6.67. The number of aliphatic hydroxyl groups excluding tert-OH is 1. The molecule has 0 bridgehead atoms. The summed E-state index contributed by atoms with van der Waals surface area (Å²) < 4.78 is 0. The Hall–Kier alpha value is -4.23. The lowest BCUT2D eigenvalue weighted by molar-refractivity contribution is -0.142. The van der Waals surface area contributed by atoms with Crippen LogP contribution in [-0.4, -0.2) is 79.6 Å². The third-order valence-corrected chi connectivity index (χ3v) is 5.61. The highest BCUT2D eigenvalue weighted by atomic mass is 16.4. The van der Waals surface area contributed by atoms with Gasteiger partial charge in [-0.25, -0.2) is 9.78 Å². The van der Waals surface area contributed by atoms with Gasteiger partial charge in [0.15, 0.2) is 0 Å². The van der Waals surface area contributed by atoms with E-state index in [9.17, 15) is 29.4 Å². The van der Waals surface area contributed by atoms with Crippen LogP contribution in [0.4, 0.5) is 0 Å². The Bertz CT molecular complexity index is 1210. The molecular formula is C23H29N7O6. The predicted octanol–water partition coefficient (Wildman–Crippen LogP) is -1.45. The fraction of sp³-hybridized carbons (Fsp3) is 0.348. The van der Waals surface area contributed by atoms with Gasteiger partial charge in [-0.3, -0.25) is 14.4 Å². The highest BCUT2D eigenvalue weighted by Gasteiger charge is 2.29. The van der Waals surface area contributed by atoms with E-state index in [-0.39, 0.29) is 12.8 Å². The number of carboxylic acids is 1. The second-order valence-electron chi connectivity index (χ2n) is 8.32. The second-order valence-corrected chi connectivity index (χ2v) is 8.32. The molecule has 3 rings (SSSR count). The Morgan fingerprint density at radius 1 is 1.00 bits per heavy atom. The number of nitrogens with one attached hydrogen (secondary N) is 5. The predicted molar refractivity (Wildman–Crippen MR) is 128 cm³/mol. The molecule has 2 heterocycles. The normalized spacial score (nSPS) is 14.4. The number of benzene rings is 1. The van der Waals surface area contributed by atoms with Gasteiger partial charge in [-0.15, -0.1) is 0 Å². The number of fused-ring (bicyclic) bond motifs is 1. The van der Waals surface area contributed by atoms with E-state index in [1.807, 2.05) is 24.3 Å². The quantitative estimate of drug-likeness (QED) is 0.147. The largest absolute Gasteiger partial charge is 0.480 e. The number of carboxylic acid groups (broad SMARTS) is 1. The molecule has 4 unspecified atom stereocenters. The molecule has 9 N–H and O–H groups in total. The molecule has 0 spiro atoms. The fourth-order valence-corrected chi connectivity index (χ4v) is 3.60. The van der Waals surface area contributed by atoms with Crippen molar-refractivity contribution in [2.75, 3.05) is 6.61 Å². The zero-order valence-electron chi connectivity index (χ0n) is 19.5. The van der Waals surface area contributed by atoms with E-state index in [0.29, 0.717) is 5.69 Å². The number of hydrogen-bond donors (Lipinski definition) is 8. The summed E-state index contributed by atoms with van der Waals surface area (Å²) in [6.45, 7) is 0.616. The molecule has 0 aliphatic rings. The smallest absolute Gasteiger partial charge is 0.326 e. The number of para-hydroxylation sites is 1. The SMILES string of the molecule is CC(NC(=O)C(N)Cc1c[nH]c2ccccc12)C(=O)NC(CO)C(=O)NC(Cc1cnc[nH]1)C(=O)O. The van der Waals surface area contributed by atoms with E-state index in [4.69, 9.17) is 5.73 Å². The molecule has 192 valence electrons. The van der Waals surface area contributed by atoms with Gasteiger partial charge in [0.05, 0.1) is 19.0 Å². The highest BCUT2D eigenvalue weighted by molar-refractivity contribution is 5.94. The Morgan fingerprint density at radius 2 is 1.72 bits per heavy atom. The van der Waals surface area contributed by atoms with Crippen LogP contribution in [0.3, 0.4) is 0 Å². The van der Waals surface area contributed by atoms with Crippen molar-refractivity contribution in [1.82, 2.24) is 30.9 Å². The third-order valence-electron chi connectivity index (χ3n) is 5.61. The monoisotopic (exact) mass is 499 g/mol. The molecule has 36 heavy (non-hydrogen) atoms. The highest BCUT2D eigenvalue weighted by Crippen LogP contribution is 2.18. The summed E-state index contributed by atoms with van der Waals surface area (Å²) in [5.74, 6) is -3.52. The van der Waals surface area contributed by atoms with Crippen molar-refractivity contribution in [3.05, 3.63) is 54.2 Å². The second kappa shape index (κ2) is 12.0. The number of imidazole rings is 1. The first-order chi connectivity index (χ1) is 17.2. The number of rotatable bonds is 12. The van der Waals surface area contributed by atoms with Crippen molar-refractivity contribution in [1.29, 1.82) is 0 Å². The number of aromatic amines is 2. The van der Waals surface area contributed by atoms with Crippen molar-refractivity contribution in [3.63, 3.8) is 0 Å². The number of aromatic nitrogens is 3. The average Bonchev–Trinajstić information content (AvgIpc) is 3.51. The molecule has 0 saturated carbocycles. The number of aliphatic carboxylic acids is 1. The summed E-state index contributed by atoms with van der Waals surface area (Å²) in [6.07, 6.45) is 4.72. The van der Waals surface area contributed by atoms with Crippen molar-refractivity contribution in [3.8, 4) is 0 Å². The van der Waals surface area contributed by atoms with Gasteiger partial charge in [0.25, 0.3) is 0 Å². The summed E-state index contributed by atoms with van der Waals surface area (Å²) in [5.41, 5.74) is 8.28. The lowest BCUT2D eigenvalue weighted by atomic mass is 10.0. The van der Waals surface area contributed by atoms with Crippen LogP contribution in [0, 0.1) is 0 Å². The van der Waals surface area contributed by atoms with E-state index in [2.05, 4.69) is 30.9 Å². The maximum atomic E-state index is 12.6. The minimum absolute atomic E-state index is 0.0755. The van der Waals surface area contributed by atoms with Gasteiger partial charge in [-0.2, -0.15) is 0 Å². The number of aliphatic hydroxyl groups is 1. The van der Waals surface area contributed by atoms with Gasteiger partial charge in [0.2, 0.25) is 17.7 Å². The molecule has 0 fully saturated rings. The first kappa shape index (κ1) is 26.4. The summed E-state index contributed by atoms with van der Waals surface area (Å²) in [6, 6.07) is 2.82. The number of nitrogens with zero attached hydrogens (tertiary/aromatic N) is 1. The maximum absolute atomic E-state index is 12.6. The summed E-state index contributed by atoms with van der Waals surface area (Å²) >= 11 is 0. The molecule has 0 aliphatic heterocycles. The molecule has 0 radical (unpaired) electrons. The lowest BCUT2D eigenvalue weighted by Gasteiger charge is -2.22. The van der Waals surface area contributed by atoms with Crippen LogP contribution in [0.5, 0.6) is 0 Å². The summed E-state index contributed by atoms with van der Waals surface area (Å²) in [4.78, 5) is 58.8. The number of carbonyl (C=O) groups excluding carboxylic acids is 3. The average molecular weight is 500 g/mol. The topological polar surface area (TPSA) is 215 Å². The standard InChI is InChI=1S/C23H29N7O6/c1-12(28-21(33)16(24)6-13-8-26-17-5-3-2-4-15(13)17)20(32)30-19(10-31)22(34)29-18(23(35)36)7-14-9-25-11-27-14/h2-5,8-9,11-12,16,18-19,26,31H,6-7,10,24H2,1H3,(H,25,27)(H,28,33)(H,29,34)(H,30,32)(H,35,36). The minimum atomic E-state index is -1.43. The zero-order chi connectivity index (χ0) is 26.2. The molecule has 13 nitrogen and oxygen atoms in total. The van der Waals surface area contributed by atoms with Crippen molar-refractivity contribution >= 4 is 34.6 Å². The molecule has 4 atom stereocenters. The summed E-state index contributed by atoms with van der Waals surface area (Å²) in [7, 11) is 0. The Balaban J connectivity index is 1.53. The van der Waals surface area contributed by atoms with E-state index < -0.39 is 54.5 Å². The van der Waals surface area contributed by atoms with E-state index in [1.165, 1.54) is 19.4 Å². The zero-order valence-corrected chi connectivity index (χ0v) is 19.5. The number of nitrogens with two attached hydrogens (primary N) is 1. The van der Waals surface area contributed by atoms with Gasteiger partial charge >= 0.3 is 5.97 Å². The van der Waals surface area contributed by atoms with Gasteiger partial charge < -0.3 is 41.9 Å². The molecule has 2 aromatic heterocycles. The molecular weight excluding hydrogens is 470 g/mol. The maximum Gasteiger partial charge on any atom is 0.326 e. The number of hydrogen-bond acceptors (Lipinski definition) is 7. The Morgan fingerprint density at radius 3 is 2.39 bits per heavy atom. The Kier molecular flexibility index (Phi) is 8.76. The van der Waals surface area contributed by atoms with Gasteiger partial charge in [-0.1, -0.05) is 18.2 Å². The van der Waals surface area contributed by atoms with Crippen molar-refractivity contribution in [2.45, 2.75) is 43.9 Å². The molecule has 0 saturated heterocycles. The molecule has 0 aliphatic carbocycles. The molecule has 13 heteroatoms. The van der Waals surface area contributed by atoms with Gasteiger partial charge in [0, 0.05) is 35.4 Å². The van der Waals surface area contributed by atoms with Crippen LogP contribution in [-0.2, 0) is 32.0 Å². The first-order valence-electron chi connectivity index (χ1n) is 11.2. The number of amides is 3. The summed E-state index contributed by atoms with van der Waals surface area (Å²) in [5, 5.41) is 27.0. The molecule has 3 amide bonds. The van der Waals surface area contributed by atoms with Crippen LogP contribution in [0.1, 0.15) is 18.2 Å². The van der Waals surface area contributed by atoms with Crippen LogP contribution >= 0.6 is 0 Å². The van der Waals surface area contributed by atoms with Crippen molar-refractivity contribution in [2.24, 2.45) is 5.73 Å². The minimum Gasteiger partial charge on any atom is -0.480 e. The van der Waals surface area contributed by atoms with E-state index in [0.717, 1.165) is 16.5 Å².